The molecule has 2 aromatic carbocycles. The first-order chi connectivity index (χ1) is 15.1. The maximum atomic E-state index is 15.0. The van der Waals surface area contributed by atoms with Gasteiger partial charge in [0.15, 0.2) is 5.82 Å². The van der Waals surface area contributed by atoms with Gasteiger partial charge in [0, 0.05) is 20.1 Å². The number of halogens is 4. The highest BCUT2D eigenvalue weighted by Gasteiger charge is 2.32. The molecule has 0 spiro atoms. The van der Waals surface area contributed by atoms with E-state index in [1.807, 2.05) is 0 Å². The summed E-state index contributed by atoms with van der Waals surface area (Å²) in [4.78, 5) is 16.3. The maximum Gasteiger partial charge on any atom is 0.301 e. The number of nitrogens with zero attached hydrogens (tertiary/aromatic N) is 3. The molecule has 8 nitrogen and oxygen atoms in total. The van der Waals surface area contributed by atoms with Crippen LogP contribution in [0.5, 0.6) is 0 Å². The van der Waals surface area contributed by atoms with E-state index in [-0.39, 0.29) is 46.8 Å². The minimum absolute atomic E-state index is 0.00822. The Kier molecular flexibility index (Phi) is 5.77. The molecule has 13 heteroatoms. The van der Waals surface area contributed by atoms with E-state index in [9.17, 15) is 22.0 Å². The van der Waals surface area contributed by atoms with Gasteiger partial charge in [-0.15, -0.1) is 0 Å². The van der Waals surface area contributed by atoms with Crippen LogP contribution >= 0.6 is 11.6 Å². The predicted molar refractivity (Wildman–Crippen MR) is 115 cm³/mol. The van der Waals surface area contributed by atoms with Gasteiger partial charge in [-0.05, 0) is 30.7 Å². The van der Waals surface area contributed by atoms with Crippen molar-refractivity contribution in [3.05, 3.63) is 57.6 Å². The van der Waals surface area contributed by atoms with Gasteiger partial charge in [0.05, 0.1) is 33.9 Å². The molecule has 2 N–H and O–H groups in total. The summed E-state index contributed by atoms with van der Waals surface area (Å²) in [5.74, 6) is -1.86. The van der Waals surface area contributed by atoms with Crippen molar-refractivity contribution < 1.29 is 21.6 Å². The average Bonchev–Trinajstić information content (AvgIpc) is 3.19. The van der Waals surface area contributed by atoms with Crippen LogP contribution in [0.3, 0.4) is 0 Å². The van der Waals surface area contributed by atoms with Crippen molar-refractivity contribution in [3.8, 4) is 0 Å². The molecule has 0 bridgehead atoms. The summed E-state index contributed by atoms with van der Waals surface area (Å²) in [6.07, 6.45) is 0.0421. The molecule has 170 valence electrons. The summed E-state index contributed by atoms with van der Waals surface area (Å²) in [5.41, 5.74) is -1.38. The lowest BCUT2D eigenvalue weighted by Gasteiger charge is -2.19. The minimum atomic E-state index is -4.14. The van der Waals surface area contributed by atoms with Crippen LogP contribution in [-0.4, -0.2) is 41.5 Å². The van der Waals surface area contributed by atoms with Crippen LogP contribution in [0, 0.1) is 11.6 Å². The second-order valence-corrected chi connectivity index (χ2v) is 9.29. The van der Waals surface area contributed by atoms with E-state index in [1.165, 1.54) is 25.5 Å². The smallest absolute Gasteiger partial charge is 0.301 e. The molecular formula is C19H17ClF3N5O3S. The number of aromatic nitrogens is 2. The van der Waals surface area contributed by atoms with Crippen LogP contribution in [0.2, 0.25) is 5.02 Å². The van der Waals surface area contributed by atoms with Crippen LogP contribution in [0.15, 0.2) is 35.4 Å². The number of nitrogens with one attached hydrogen (secondary N) is 2. The Hall–Kier alpha value is -2.83. The highest BCUT2D eigenvalue weighted by molar-refractivity contribution is 7.90. The van der Waals surface area contributed by atoms with E-state index < -0.39 is 39.3 Å². The zero-order chi connectivity index (χ0) is 23.2. The lowest BCUT2D eigenvalue weighted by molar-refractivity contribution is 0.343. The van der Waals surface area contributed by atoms with Gasteiger partial charge in [-0.3, -0.25) is 9.52 Å². The molecule has 4 rings (SSSR count). The predicted octanol–water partition coefficient (Wildman–Crippen LogP) is 3.31. The second kappa shape index (κ2) is 8.26. The van der Waals surface area contributed by atoms with E-state index in [0.29, 0.717) is 0 Å². The standard InChI is InChI=1S/C19H17ClF3N5O3S/c1-27-9-24-12-4-5-14(17(23)15(12)19(27)29)25-18-11(22)2-3-13(16(18)20)26-32(30,31)28-7-6-10(21)8-28/h2-5,9-10,25-26H,6-8H2,1H3/t10-/m1/s1. The van der Waals surface area contributed by atoms with Gasteiger partial charge < -0.3 is 9.88 Å². The third-order valence-corrected chi connectivity index (χ3v) is 6.93. The Balaban J connectivity index is 1.70. The summed E-state index contributed by atoms with van der Waals surface area (Å²) in [6, 6.07) is 4.66. The summed E-state index contributed by atoms with van der Waals surface area (Å²) >= 11 is 6.21. The molecule has 0 aliphatic carbocycles. The van der Waals surface area contributed by atoms with Crippen LogP contribution < -0.4 is 15.6 Å². The molecule has 3 aromatic rings. The summed E-state index contributed by atoms with van der Waals surface area (Å²) < 4.78 is 72.1. The van der Waals surface area contributed by atoms with Crippen molar-refractivity contribution in [2.24, 2.45) is 7.05 Å². The van der Waals surface area contributed by atoms with Crippen LogP contribution in [0.25, 0.3) is 10.9 Å². The Morgan fingerprint density at radius 3 is 2.59 bits per heavy atom. The highest BCUT2D eigenvalue weighted by atomic mass is 35.5. The van der Waals surface area contributed by atoms with Crippen LogP contribution in [0.1, 0.15) is 6.42 Å². The van der Waals surface area contributed by atoms with Crippen molar-refractivity contribution >= 4 is 49.8 Å². The number of alkyl halides is 1. The van der Waals surface area contributed by atoms with Crippen LogP contribution in [0.4, 0.5) is 30.2 Å². The maximum absolute atomic E-state index is 15.0. The van der Waals surface area contributed by atoms with E-state index in [1.54, 1.807) is 0 Å². The van der Waals surface area contributed by atoms with Gasteiger partial charge >= 0.3 is 10.2 Å². The first kappa shape index (κ1) is 22.4. The largest absolute Gasteiger partial charge is 0.349 e. The zero-order valence-electron chi connectivity index (χ0n) is 16.6. The number of benzene rings is 2. The van der Waals surface area contributed by atoms with Crippen molar-refractivity contribution in [2.45, 2.75) is 12.6 Å². The Bertz CT molecular complexity index is 1380. The summed E-state index contributed by atoms with van der Waals surface area (Å²) in [6.45, 7) is -0.309. The number of hydrogen-bond acceptors (Lipinski definition) is 5. The number of anilines is 3. The first-order valence-corrected chi connectivity index (χ1v) is 11.2. The minimum Gasteiger partial charge on any atom is -0.349 e. The molecule has 1 atom stereocenters. The lowest BCUT2D eigenvalue weighted by atomic mass is 10.2. The fourth-order valence-corrected chi connectivity index (χ4v) is 4.93. The molecule has 2 heterocycles. The van der Waals surface area contributed by atoms with Crippen LogP contribution in [-0.2, 0) is 17.3 Å². The molecule has 0 amide bonds. The van der Waals surface area contributed by atoms with Gasteiger partial charge in [0.25, 0.3) is 5.56 Å². The van der Waals surface area contributed by atoms with Crippen molar-refractivity contribution in [1.82, 2.24) is 13.9 Å². The fourth-order valence-electron chi connectivity index (χ4n) is 3.34. The zero-order valence-corrected chi connectivity index (χ0v) is 18.1. The number of fused-ring (bicyclic) bond motifs is 1. The van der Waals surface area contributed by atoms with E-state index in [0.717, 1.165) is 21.0 Å². The van der Waals surface area contributed by atoms with Gasteiger partial charge in [-0.1, -0.05) is 11.6 Å². The van der Waals surface area contributed by atoms with Gasteiger partial charge in [0.2, 0.25) is 0 Å². The molecule has 0 saturated carbocycles. The van der Waals surface area contributed by atoms with Gasteiger partial charge in [-0.2, -0.15) is 12.7 Å². The van der Waals surface area contributed by atoms with Gasteiger partial charge in [-0.25, -0.2) is 18.2 Å². The molecule has 1 aliphatic rings. The molecule has 1 saturated heterocycles. The topological polar surface area (TPSA) is 96.3 Å². The molecule has 0 unspecified atom stereocenters. The highest BCUT2D eigenvalue weighted by Crippen LogP contribution is 2.36. The summed E-state index contributed by atoms with van der Waals surface area (Å²) in [5, 5.41) is 1.81. The second-order valence-electron chi connectivity index (χ2n) is 7.24. The third-order valence-electron chi connectivity index (χ3n) is 5.05. The Morgan fingerprint density at radius 1 is 1.19 bits per heavy atom. The van der Waals surface area contributed by atoms with Crippen molar-refractivity contribution in [1.29, 1.82) is 0 Å². The average molecular weight is 488 g/mol. The lowest BCUT2D eigenvalue weighted by Crippen LogP contribution is -2.34. The fraction of sp³-hybridized carbons (Fsp3) is 0.263. The SMILES string of the molecule is Cn1cnc2ccc(Nc3c(F)ccc(NS(=O)(=O)N4CC[C@@H](F)C4)c3Cl)c(F)c2c1=O. The number of aryl methyl sites for hydroxylation is 1. The summed E-state index contributed by atoms with van der Waals surface area (Å²) in [7, 11) is -2.73. The van der Waals surface area contributed by atoms with Crippen molar-refractivity contribution in [2.75, 3.05) is 23.1 Å². The molecule has 1 fully saturated rings. The monoisotopic (exact) mass is 487 g/mol. The van der Waals surface area contributed by atoms with Crippen molar-refractivity contribution in [3.63, 3.8) is 0 Å². The van der Waals surface area contributed by atoms with E-state index >= 15 is 4.39 Å². The molecule has 0 radical (unpaired) electrons. The number of rotatable bonds is 5. The molecule has 1 aliphatic heterocycles. The van der Waals surface area contributed by atoms with E-state index in [4.69, 9.17) is 11.6 Å². The third kappa shape index (κ3) is 4.00. The van der Waals surface area contributed by atoms with Gasteiger partial charge in [0.1, 0.15) is 17.4 Å². The molecule has 32 heavy (non-hydrogen) atoms. The Labute approximate surface area is 185 Å². The number of hydrogen-bond donors (Lipinski definition) is 2. The normalized spacial score (nSPS) is 17.1. The quantitative estimate of drug-likeness (QED) is 0.575. The van der Waals surface area contributed by atoms with E-state index in [2.05, 4.69) is 15.0 Å². The Morgan fingerprint density at radius 2 is 1.91 bits per heavy atom. The molecule has 1 aromatic heterocycles. The first-order valence-electron chi connectivity index (χ1n) is 9.39. The molecular weight excluding hydrogens is 471 g/mol.